The van der Waals surface area contributed by atoms with E-state index in [0.29, 0.717) is 10.8 Å². The van der Waals surface area contributed by atoms with Crippen LogP contribution in [-0.4, -0.2) is 26.0 Å². The first-order chi connectivity index (χ1) is 12.2. The molecule has 0 saturated carbocycles. The second-order valence-corrected chi connectivity index (χ2v) is 6.28. The number of hydrogen-bond acceptors (Lipinski definition) is 6. The van der Waals surface area contributed by atoms with Crippen LogP contribution in [0.4, 0.5) is 11.1 Å². The van der Waals surface area contributed by atoms with Gasteiger partial charge in [-0.2, -0.15) is 0 Å². The van der Waals surface area contributed by atoms with Crippen LogP contribution >= 0.6 is 11.3 Å². The Hall–Kier alpha value is -3.32. The lowest BCUT2D eigenvalue weighted by molar-refractivity contribution is 0.0690. The summed E-state index contributed by atoms with van der Waals surface area (Å²) in [6.07, 6.45) is 0. The van der Waals surface area contributed by atoms with E-state index in [-0.39, 0.29) is 11.6 Å². The second kappa shape index (κ2) is 6.29. The fraction of sp³-hybridized carbons (Fsp3) is 0. The summed E-state index contributed by atoms with van der Waals surface area (Å²) in [7, 11) is 0. The van der Waals surface area contributed by atoms with E-state index in [1.54, 1.807) is 0 Å². The molecule has 0 aliphatic carbocycles. The number of anilines is 2. The van der Waals surface area contributed by atoms with E-state index in [4.69, 9.17) is 0 Å². The lowest BCUT2D eigenvalue weighted by Crippen LogP contribution is -2.06. The van der Waals surface area contributed by atoms with Crippen molar-refractivity contribution in [3.8, 4) is 11.3 Å². The number of carbonyl (C=O) groups is 1. The van der Waals surface area contributed by atoms with E-state index in [1.807, 2.05) is 54.6 Å². The standard InChI is InChI=1S/C18H12N4O2S/c23-16(24)14-10-13(11-6-2-1-3-7-11)19-17(20-14)22-18-21-12-8-4-5-9-15(12)25-18/h1-10H,(H,23,24)(H,19,20,21,22). The molecule has 0 amide bonds. The number of aromatic carboxylic acids is 1. The average molecular weight is 348 g/mol. The van der Waals surface area contributed by atoms with Crippen molar-refractivity contribution in [3.05, 3.63) is 66.4 Å². The third-order valence-electron chi connectivity index (χ3n) is 3.53. The number of nitrogens with one attached hydrogen (secondary N) is 1. The Kier molecular flexibility index (Phi) is 3.83. The summed E-state index contributed by atoms with van der Waals surface area (Å²) in [4.78, 5) is 24.4. The van der Waals surface area contributed by atoms with E-state index >= 15 is 0 Å². The maximum absolute atomic E-state index is 11.4. The van der Waals surface area contributed by atoms with E-state index < -0.39 is 5.97 Å². The molecule has 0 saturated heterocycles. The minimum atomic E-state index is -1.10. The number of benzene rings is 2. The molecule has 2 aromatic heterocycles. The van der Waals surface area contributed by atoms with Crippen molar-refractivity contribution < 1.29 is 9.90 Å². The lowest BCUT2D eigenvalue weighted by atomic mass is 10.1. The van der Waals surface area contributed by atoms with E-state index in [2.05, 4.69) is 20.3 Å². The summed E-state index contributed by atoms with van der Waals surface area (Å²) in [5.41, 5.74) is 2.15. The number of fused-ring (bicyclic) bond motifs is 1. The lowest BCUT2D eigenvalue weighted by Gasteiger charge is -2.06. The Labute approximate surface area is 146 Å². The molecule has 122 valence electrons. The smallest absolute Gasteiger partial charge is 0.354 e. The summed E-state index contributed by atoms with van der Waals surface area (Å²) < 4.78 is 1.03. The van der Waals surface area contributed by atoms with Crippen molar-refractivity contribution in [1.29, 1.82) is 0 Å². The maximum atomic E-state index is 11.4. The van der Waals surface area contributed by atoms with Crippen LogP contribution in [0.15, 0.2) is 60.7 Å². The number of hydrogen-bond donors (Lipinski definition) is 2. The second-order valence-electron chi connectivity index (χ2n) is 5.24. The Morgan fingerprint density at radius 2 is 1.72 bits per heavy atom. The molecule has 0 unspecified atom stereocenters. The summed E-state index contributed by atoms with van der Waals surface area (Å²) in [6.45, 7) is 0. The van der Waals surface area contributed by atoms with Crippen LogP contribution in [-0.2, 0) is 0 Å². The van der Waals surface area contributed by atoms with Gasteiger partial charge in [-0.15, -0.1) is 0 Å². The molecule has 6 nitrogen and oxygen atoms in total. The molecule has 7 heteroatoms. The van der Waals surface area contributed by atoms with E-state index in [9.17, 15) is 9.90 Å². The number of nitrogens with zero attached hydrogens (tertiary/aromatic N) is 3. The van der Waals surface area contributed by atoms with Gasteiger partial charge in [0.15, 0.2) is 10.8 Å². The largest absolute Gasteiger partial charge is 0.477 e. The van der Waals surface area contributed by atoms with Crippen molar-refractivity contribution in [2.24, 2.45) is 0 Å². The molecular weight excluding hydrogens is 336 g/mol. The van der Waals surface area contributed by atoms with Crippen LogP contribution < -0.4 is 5.32 Å². The van der Waals surface area contributed by atoms with Crippen LogP contribution in [0, 0.1) is 0 Å². The zero-order valence-electron chi connectivity index (χ0n) is 12.9. The molecule has 2 aromatic carbocycles. The number of para-hydroxylation sites is 1. The van der Waals surface area contributed by atoms with Gasteiger partial charge in [-0.3, -0.25) is 5.32 Å². The van der Waals surface area contributed by atoms with Crippen molar-refractivity contribution in [3.63, 3.8) is 0 Å². The first kappa shape index (κ1) is 15.2. The van der Waals surface area contributed by atoms with Gasteiger partial charge in [0.05, 0.1) is 15.9 Å². The van der Waals surface area contributed by atoms with Crippen molar-refractivity contribution in [2.75, 3.05) is 5.32 Å². The van der Waals surface area contributed by atoms with Crippen LogP contribution in [0.3, 0.4) is 0 Å². The molecule has 0 aliphatic rings. The average Bonchev–Trinajstić information content (AvgIpc) is 3.04. The molecule has 0 bridgehead atoms. The van der Waals surface area contributed by atoms with Gasteiger partial charge in [0.25, 0.3) is 0 Å². The monoisotopic (exact) mass is 348 g/mol. The fourth-order valence-electron chi connectivity index (χ4n) is 2.39. The highest BCUT2D eigenvalue weighted by Crippen LogP contribution is 2.28. The van der Waals surface area contributed by atoms with Gasteiger partial charge in [-0.1, -0.05) is 53.8 Å². The predicted octanol–water partition coefficient (Wildman–Crippen LogP) is 4.20. The normalized spacial score (nSPS) is 10.7. The number of carboxylic acid groups (broad SMARTS) is 1. The molecule has 0 fully saturated rings. The van der Waals surface area contributed by atoms with Gasteiger partial charge in [-0.05, 0) is 18.2 Å². The summed E-state index contributed by atoms with van der Waals surface area (Å²) >= 11 is 1.46. The number of thiazole rings is 1. The summed E-state index contributed by atoms with van der Waals surface area (Å²) in [5, 5.41) is 13.0. The zero-order chi connectivity index (χ0) is 17.2. The fourth-order valence-corrected chi connectivity index (χ4v) is 3.25. The minimum absolute atomic E-state index is 0.0718. The third-order valence-corrected chi connectivity index (χ3v) is 4.48. The molecule has 2 heterocycles. The summed E-state index contributed by atoms with van der Waals surface area (Å²) in [5.74, 6) is -0.898. The Morgan fingerprint density at radius 3 is 2.48 bits per heavy atom. The first-order valence-corrected chi connectivity index (χ1v) is 8.31. The maximum Gasteiger partial charge on any atom is 0.354 e. The molecular formula is C18H12N4O2S. The molecule has 2 N–H and O–H groups in total. The highest BCUT2D eigenvalue weighted by atomic mass is 32.1. The van der Waals surface area contributed by atoms with Crippen molar-refractivity contribution in [1.82, 2.24) is 15.0 Å². The SMILES string of the molecule is O=C(O)c1cc(-c2ccccc2)nc(Nc2nc3ccccc3s2)n1. The number of rotatable bonds is 4. The molecule has 0 aliphatic heterocycles. The Balaban J connectivity index is 1.75. The van der Waals surface area contributed by atoms with Crippen LogP contribution in [0.2, 0.25) is 0 Å². The molecule has 25 heavy (non-hydrogen) atoms. The molecule has 0 radical (unpaired) electrons. The van der Waals surface area contributed by atoms with Gasteiger partial charge in [0.2, 0.25) is 5.95 Å². The van der Waals surface area contributed by atoms with Crippen LogP contribution in [0.25, 0.3) is 21.5 Å². The van der Waals surface area contributed by atoms with Gasteiger partial charge in [0.1, 0.15) is 0 Å². The molecule has 0 spiro atoms. The minimum Gasteiger partial charge on any atom is -0.477 e. The van der Waals surface area contributed by atoms with Gasteiger partial charge in [0, 0.05) is 5.56 Å². The zero-order valence-corrected chi connectivity index (χ0v) is 13.7. The van der Waals surface area contributed by atoms with Gasteiger partial charge in [-0.25, -0.2) is 19.7 Å². The topological polar surface area (TPSA) is 88.0 Å². The highest BCUT2D eigenvalue weighted by Gasteiger charge is 2.13. The first-order valence-electron chi connectivity index (χ1n) is 7.49. The van der Waals surface area contributed by atoms with E-state index in [0.717, 1.165) is 15.8 Å². The Morgan fingerprint density at radius 1 is 0.960 bits per heavy atom. The summed E-state index contributed by atoms with van der Waals surface area (Å²) in [6, 6.07) is 18.6. The van der Waals surface area contributed by atoms with Gasteiger partial charge < -0.3 is 5.11 Å². The van der Waals surface area contributed by atoms with Crippen molar-refractivity contribution >= 4 is 38.6 Å². The molecule has 4 aromatic rings. The molecule has 0 atom stereocenters. The highest BCUT2D eigenvalue weighted by molar-refractivity contribution is 7.22. The predicted molar refractivity (Wildman–Crippen MR) is 97.3 cm³/mol. The number of aromatic nitrogens is 3. The van der Waals surface area contributed by atoms with E-state index in [1.165, 1.54) is 17.4 Å². The van der Waals surface area contributed by atoms with Gasteiger partial charge >= 0.3 is 5.97 Å². The third kappa shape index (κ3) is 3.17. The quantitative estimate of drug-likeness (QED) is 0.575. The Bertz CT molecular complexity index is 1030. The molecule has 4 rings (SSSR count). The van der Waals surface area contributed by atoms with Crippen LogP contribution in [0.1, 0.15) is 10.5 Å². The van der Waals surface area contributed by atoms with Crippen molar-refractivity contribution in [2.45, 2.75) is 0 Å². The van der Waals surface area contributed by atoms with Crippen LogP contribution in [0.5, 0.6) is 0 Å². The number of carboxylic acids is 1.